The molecule has 0 saturated carbocycles. The molecule has 3 aromatic rings. The van der Waals surface area contributed by atoms with Crippen molar-refractivity contribution >= 4 is 5.91 Å². The topological polar surface area (TPSA) is 103 Å². The number of carbonyl (C=O) groups is 1. The van der Waals surface area contributed by atoms with Crippen molar-refractivity contribution in [1.29, 1.82) is 5.26 Å². The van der Waals surface area contributed by atoms with Crippen LogP contribution < -0.4 is 5.32 Å². The molecule has 0 aliphatic carbocycles. The molecule has 9 nitrogen and oxygen atoms in total. The monoisotopic (exact) mass is 496 g/mol. The second-order valence-electron chi connectivity index (χ2n) is 9.02. The number of nitriles is 1. The van der Waals surface area contributed by atoms with Crippen LogP contribution in [-0.4, -0.2) is 74.7 Å². The molecule has 2 unspecified atom stereocenters. The highest BCUT2D eigenvalue weighted by molar-refractivity contribution is 5.79. The summed E-state index contributed by atoms with van der Waals surface area (Å²) in [6, 6.07) is 7.11. The van der Waals surface area contributed by atoms with Crippen LogP contribution in [0, 0.1) is 35.7 Å². The Bertz CT molecular complexity index is 1320. The van der Waals surface area contributed by atoms with Crippen molar-refractivity contribution in [2.24, 2.45) is 0 Å². The first-order valence-corrected chi connectivity index (χ1v) is 11.5. The third-order valence-corrected chi connectivity index (χ3v) is 6.98. The van der Waals surface area contributed by atoms with Crippen molar-refractivity contribution in [3.63, 3.8) is 0 Å². The van der Waals surface area contributed by atoms with Gasteiger partial charge in [0.25, 0.3) is 0 Å². The number of hydrogen-bond donors (Lipinski definition) is 1. The Morgan fingerprint density at radius 3 is 2.64 bits per heavy atom. The van der Waals surface area contributed by atoms with E-state index in [0.717, 1.165) is 22.4 Å². The minimum absolute atomic E-state index is 0.0343. The van der Waals surface area contributed by atoms with Crippen LogP contribution >= 0.6 is 0 Å². The van der Waals surface area contributed by atoms with Gasteiger partial charge in [-0.15, -0.1) is 5.10 Å². The van der Waals surface area contributed by atoms with E-state index in [4.69, 9.17) is 0 Å². The molecule has 2 fully saturated rings. The van der Waals surface area contributed by atoms with E-state index >= 15 is 0 Å². The number of aromatic nitrogens is 4. The zero-order valence-corrected chi connectivity index (χ0v) is 19.5. The fourth-order valence-electron chi connectivity index (χ4n) is 4.98. The molecule has 0 radical (unpaired) electrons. The Labute approximate surface area is 205 Å². The number of amides is 1. The molecule has 0 bridgehead atoms. The molecule has 2 aliphatic rings. The lowest BCUT2D eigenvalue weighted by Gasteiger charge is -2.47. The number of benzene rings is 2. The van der Waals surface area contributed by atoms with Gasteiger partial charge in [-0.2, -0.15) is 5.26 Å². The Morgan fingerprint density at radius 1 is 1.17 bits per heavy atom. The maximum Gasteiger partial charge on any atom is 0.227 e. The summed E-state index contributed by atoms with van der Waals surface area (Å²) in [7, 11) is 0. The van der Waals surface area contributed by atoms with Gasteiger partial charge in [0.1, 0.15) is 29.8 Å². The van der Waals surface area contributed by atoms with Gasteiger partial charge in [-0.1, -0.05) is 6.07 Å². The summed E-state index contributed by atoms with van der Waals surface area (Å²) in [5, 5.41) is 23.2. The van der Waals surface area contributed by atoms with Crippen molar-refractivity contribution in [1.82, 2.24) is 35.3 Å². The number of rotatable bonds is 4. The van der Waals surface area contributed by atoms with Gasteiger partial charge in [0, 0.05) is 62.5 Å². The van der Waals surface area contributed by atoms with Gasteiger partial charge in [0.05, 0.1) is 17.7 Å². The molecule has 2 aliphatic heterocycles. The highest BCUT2D eigenvalue weighted by atomic mass is 19.1. The Hall–Kier alpha value is -3.82. The Balaban J connectivity index is 1.24. The predicted molar refractivity (Wildman–Crippen MR) is 121 cm³/mol. The quantitative estimate of drug-likeness (QED) is 0.586. The summed E-state index contributed by atoms with van der Waals surface area (Å²) >= 11 is 0. The average Bonchev–Trinajstić information content (AvgIpc) is 3.41. The minimum Gasteiger partial charge on any atom is -0.340 e. The van der Waals surface area contributed by atoms with E-state index in [0.29, 0.717) is 38.3 Å². The molecule has 2 atom stereocenters. The van der Waals surface area contributed by atoms with Crippen molar-refractivity contribution in [3.05, 3.63) is 70.3 Å². The number of nitrogens with one attached hydrogen (secondary N) is 1. The van der Waals surface area contributed by atoms with Crippen LogP contribution in [0.1, 0.15) is 28.3 Å². The van der Waals surface area contributed by atoms with Gasteiger partial charge in [-0.05, 0) is 34.5 Å². The molecular formula is C24H23F3N8O. The average molecular weight is 496 g/mol. The zero-order valence-electron chi connectivity index (χ0n) is 19.5. The van der Waals surface area contributed by atoms with Gasteiger partial charge in [-0.3, -0.25) is 9.69 Å². The van der Waals surface area contributed by atoms with Gasteiger partial charge in [0.2, 0.25) is 5.91 Å². The number of fused-ring (bicyclic) bond motifs is 1. The third-order valence-electron chi connectivity index (χ3n) is 6.98. The van der Waals surface area contributed by atoms with Crippen LogP contribution in [0.3, 0.4) is 0 Å². The van der Waals surface area contributed by atoms with E-state index < -0.39 is 17.5 Å². The summed E-state index contributed by atoms with van der Waals surface area (Å²) in [4.78, 5) is 16.8. The normalized spacial score (nSPS) is 20.1. The first kappa shape index (κ1) is 23.9. The third kappa shape index (κ3) is 4.43. The van der Waals surface area contributed by atoms with Crippen LogP contribution in [0.25, 0.3) is 5.69 Å². The molecule has 1 aromatic heterocycles. The van der Waals surface area contributed by atoms with Crippen LogP contribution in [0.4, 0.5) is 13.2 Å². The highest BCUT2D eigenvalue weighted by Gasteiger charge is 2.35. The second kappa shape index (κ2) is 9.67. The van der Waals surface area contributed by atoms with Crippen LogP contribution in [0.5, 0.6) is 0 Å². The van der Waals surface area contributed by atoms with Crippen molar-refractivity contribution in [3.8, 4) is 11.8 Å². The van der Waals surface area contributed by atoms with Crippen molar-refractivity contribution < 1.29 is 18.0 Å². The number of nitrogens with zero attached hydrogens (tertiary/aromatic N) is 7. The number of halogens is 3. The SMILES string of the molecule is Cc1c(C2CN3CCN(C(=O)Cc4c(F)cc(-n5cnnn5)cc4F)CC3CN2)ccc(F)c1C#N. The van der Waals surface area contributed by atoms with Crippen LogP contribution in [0.15, 0.2) is 30.6 Å². The van der Waals surface area contributed by atoms with E-state index in [2.05, 4.69) is 25.7 Å². The molecule has 3 heterocycles. The van der Waals surface area contributed by atoms with E-state index in [9.17, 15) is 23.2 Å². The standard InChI is InChI=1S/C24H23F3N8O/c1-14-17(2-3-20(25)19(14)9-28)23-12-33-4-5-34(11-16(33)10-29-23)24(36)8-18-21(26)6-15(7-22(18)27)35-13-30-31-32-35/h2-3,6-7,13,16,23,29H,4-5,8,10-12H2,1H3. The van der Waals surface area contributed by atoms with E-state index in [1.54, 1.807) is 17.9 Å². The van der Waals surface area contributed by atoms with Gasteiger partial charge in [0.15, 0.2) is 0 Å². The summed E-state index contributed by atoms with van der Waals surface area (Å²) in [5.41, 5.74) is 1.39. The molecular weight excluding hydrogens is 473 g/mol. The maximum absolute atomic E-state index is 14.7. The smallest absolute Gasteiger partial charge is 0.227 e. The fraction of sp³-hybridized carbons (Fsp3) is 0.375. The maximum atomic E-state index is 14.7. The summed E-state index contributed by atoms with van der Waals surface area (Å²) in [6.45, 7) is 4.43. The van der Waals surface area contributed by atoms with E-state index in [1.165, 1.54) is 12.4 Å². The molecule has 36 heavy (non-hydrogen) atoms. The molecule has 5 rings (SSSR count). The van der Waals surface area contributed by atoms with Gasteiger partial charge >= 0.3 is 0 Å². The Kier molecular flexibility index (Phi) is 6.42. The number of carbonyl (C=O) groups excluding carboxylic acids is 1. The Morgan fingerprint density at radius 2 is 1.94 bits per heavy atom. The van der Waals surface area contributed by atoms with Crippen LogP contribution in [0.2, 0.25) is 0 Å². The zero-order chi connectivity index (χ0) is 25.4. The number of tetrazole rings is 1. The van der Waals surface area contributed by atoms with Crippen molar-refractivity contribution in [2.45, 2.75) is 25.4 Å². The lowest BCUT2D eigenvalue weighted by atomic mass is 9.93. The van der Waals surface area contributed by atoms with Gasteiger partial charge < -0.3 is 10.2 Å². The molecule has 12 heteroatoms. The largest absolute Gasteiger partial charge is 0.340 e. The van der Waals surface area contributed by atoms with Gasteiger partial charge in [-0.25, -0.2) is 17.9 Å². The summed E-state index contributed by atoms with van der Waals surface area (Å²) in [5.74, 6) is -2.54. The van der Waals surface area contributed by atoms with E-state index in [1.807, 2.05) is 6.07 Å². The number of hydrogen-bond acceptors (Lipinski definition) is 7. The fourth-order valence-corrected chi connectivity index (χ4v) is 4.98. The molecule has 2 aromatic carbocycles. The lowest BCUT2D eigenvalue weighted by molar-refractivity contribution is -0.134. The molecule has 1 amide bonds. The lowest BCUT2D eigenvalue weighted by Crippen LogP contribution is -2.62. The van der Waals surface area contributed by atoms with E-state index in [-0.39, 0.29) is 41.2 Å². The molecule has 1 N–H and O–H groups in total. The summed E-state index contributed by atoms with van der Waals surface area (Å²) in [6.07, 6.45) is 0.836. The minimum atomic E-state index is -0.832. The first-order valence-electron chi connectivity index (χ1n) is 11.5. The first-order chi connectivity index (χ1) is 17.4. The van der Waals surface area contributed by atoms with Crippen LogP contribution in [-0.2, 0) is 11.2 Å². The highest BCUT2D eigenvalue weighted by Crippen LogP contribution is 2.28. The van der Waals surface area contributed by atoms with Crippen molar-refractivity contribution in [2.75, 3.05) is 32.7 Å². The number of piperazine rings is 2. The molecule has 0 spiro atoms. The predicted octanol–water partition coefficient (Wildman–Crippen LogP) is 1.66. The molecule has 186 valence electrons. The second-order valence-corrected chi connectivity index (χ2v) is 9.02. The molecule has 2 saturated heterocycles. The summed E-state index contributed by atoms with van der Waals surface area (Å²) < 4.78 is 44.4.